The highest BCUT2D eigenvalue weighted by atomic mass is 16.3. The Bertz CT molecular complexity index is 97.7. The highest BCUT2D eigenvalue weighted by molar-refractivity contribution is 4.61. The van der Waals surface area contributed by atoms with Crippen molar-refractivity contribution >= 4 is 0 Å². The first-order chi connectivity index (χ1) is 4.76. The Balaban J connectivity index is 3.67. The van der Waals surface area contributed by atoms with Crippen molar-refractivity contribution in [3.63, 3.8) is 0 Å². The fourth-order valence-electron chi connectivity index (χ4n) is 0.804. The first-order valence-corrected chi connectivity index (χ1v) is 3.43. The van der Waals surface area contributed by atoms with Gasteiger partial charge < -0.3 is 5.11 Å². The molecule has 0 aliphatic heterocycles. The number of nitrogens with zero attached hydrogens (tertiary/aromatic N) is 2. The molecule has 0 radical (unpaired) electrons. The summed E-state index contributed by atoms with van der Waals surface area (Å²) in [5, 5.41) is 11.4. The molecule has 4 nitrogen and oxygen atoms in total. The Morgan fingerprint density at radius 1 is 1.70 bits per heavy atom. The molecule has 10 heavy (non-hydrogen) atoms. The second kappa shape index (κ2) is 5.32. The number of aliphatic hydroxyl groups is 1. The minimum atomic E-state index is -0.322. The van der Waals surface area contributed by atoms with Gasteiger partial charge in [-0.1, -0.05) is 12.1 Å². The maximum absolute atomic E-state index is 10.0. The van der Waals surface area contributed by atoms with Crippen molar-refractivity contribution in [3.8, 4) is 0 Å². The number of likely N-dealkylation sites (N-methyl/N-ethyl adjacent to an activating group) is 1. The monoisotopic (exact) mass is 146 g/mol. The Kier molecular flexibility index (Phi) is 5.06. The van der Waals surface area contributed by atoms with Crippen LogP contribution in [0.4, 0.5) is 0 Å². The van der Waals surface area contributed by atoms with E-state index in [0.717, 1.165) is 6.54 Å². The van der Waals surface area contributed by atoms with Crippen LogP contribution in [0, 0.1) is 4.91 Å². The second-order valence-corrected chi connectivity index (χ2v) is 2.09. The van der Waals surface area contributed by atoms with Crippen LogP contribution >= 0.6 is 0 Å². The van der Waals surface area contributed by atoms with Gasteiger partial charge in [-0.3, -0.25) is 4.90 Å². The normalized spacial score (nSPS) is 13.6. The van der Waals surface area contributed by atoms with E-state index in [4.69, 9.17) is 5.11 Å². The largest absolute Gasteiger partial charge is 0.395 e. The molecule has 0 heterocycles. The summed E-state index contributed by atoms with van der Waals surface area (Å²) in [6.45, 7) is 4.98. The minimum absolute atomic E-state index is 0.0771. The van der Waals surface area contributed by atoms with Crippen LogP contribution in [0.2, 0.25) is 0 Å². The SMILES string of the molecule is CCN(CCO)C(C)N=O. The average Bonchev–Trinajstić information content (AvgIpc) is 1.99. The number of nitroso groups, excluding NO2 is 1. The van der Waals surface area contributed by atoms with E-state index in [2.05, 4.69) is 5.18 Å². The summed E-state index contributed by atoms with van der Waals surface area (Å²) >= 11 is 0. The fourth-order valence-corrected chi connectivity index (χ4v) is 0.804. The second-order valence-electron chi connectivity index (χ2n) is 2.09. The molecule has 4 heteroatoms. The molecule has 1 atom stereocenters. The molecular formula is C6H14N2O2. The summed E-state index contributed by atoms with van der Waals surface area (Å²) in [4.78, 5) is 11.8. The summed E-state index contributed by atoms with van der Waals surface area (Å²) in [6.07, 6.45) is -0.322. The summed E-state index contributed by atoms with van der Waals surface area (Å²) in [5.41, 5.74) is 0. The Morgan fingerprint density at radius 3 is 2.60 bits per heavy atom. The van der Waals surface area contributed by atoms with Crippen LogP contribution in [0.15, 0.2) is 5.18 Å². The maximum atomic E-state index is 10.0. The topological polar surface area (TPSA) is 52.9 Å². The summed E-state index contributed by atoms with van der Waals surface area (Å²) in [5.74, 6) is 0. The van der Waals surface area contributed by atoms with Crippen LogP contribution in [0.3, 0.4) is 0 Å². The molecule has 0 fully saturated rings. The third-order valence-electron chi connectivity index (χ3n) is 1.47. The lowest BCUT2D eigenvalue weighted by Crippen LogP contribution is -2.33. The van der Waals surface area contributed by atoms with Gasteiger partial charge in [0.2, 0.25) is 0 Å². The Hall–Kier alpha value is -0.480. The fraction of sp³-hybridized carbons (Fsp3) is 1.00. The standard InChI is InChI=1S/C6H14N2O2/c1-3-8(4-5-9)6(2)7-10/h6,9H,3-5H2,1-2H3. The van der Waals surface area contributed by atoms with Gasteiger partial charge in [0.15, 0.2) is 0 Å². The zero-order valence-electron chi connectivity index (χ0n) is 6.45. The lowest BCUT2D eigenvalue weighted by atomic mass is 10.4. The molecule has 0 aromatic carbocycles. The molecule has 0 bridgehead atoms. The van der Waals surface area contributed by atoms with Crippen molar-refractivity contribution in [1.29, 1.82) is 0 Å². The quantitative estimate of drug-likeness (QED) is 0.572. The van der Waals surface area contributed by atoms with Gasteiger partial charge in [-0.05, 0) is 13.5 Å². The number of rotatable bonds is 5. The van der Waals surface area contributed by atoms with Gasteiger partial charge in [-0.2, -0.15) is 0 Å². The van der Waals surface area contributed by atoms with Crippen molar-refractivity contribution in [2.75, 3.05) is 19.7 Å². The van der Waals surface area contributed by atoms with Gasteiger partial charge in [0.05, 0.1) is 6.61 Å². The molecule has 60 valence electrons. The zero-order chi connectivity index (χ0) is 7.98. The molecule has 0 aromatic heterocycles. The van der Waals surface area contributed by atoms with Gasteiger partial charge >= 0.3 is 0 Å². The number of hydrogen-bond donors (Lipinski definition) is 1. The Morgan fingerprint density at radius 2 is 2.30 bits per heavy atom. The smallest absolute Gasteiger partial charge is 0.142 e. The summed E-state index contributed by atoms with van der Waals surface area (Å²) in [6, 6.07) is 0. The van der Waals surface area contributed by atoms with Gasteiger partial charge in [0.1, 0.15) is 6.17 Å². The third kappa shape index (κ3) is 2.89. The molecule has 0 saturated heterocycles. The zero-order valence-corrected chi connectivity index (χ0v) is 6.45. The van der Waals surface area contributed by atoms with Gasteiger partial charge in [0.25, 0.3) is 0 Å². The number of aliphatic hydroxyl groups excluding tert-OH is 1. The predicted octanol–water partition coefficient (Wildman–Crippen LogP) is 0.413. The van der Waals surface area contributed by atoms with Crippen molar-refractivity contribution in [2.45, 2.75) is 20.0 Å². The van der Waals surface area contributed by atoms with E-state index in [1.165, 1.54) is 0 Å². The summed E-state index contributed by atoms with van der Waals surface area (Å²) in [7, 11) is 0. The summed E-state index contributed by atoms with van der Waals surface area (Å²) < 4.78 is 0. The molecule has 0 aliphatic rings. The molecule has 0 aliphatic carbocycles. The Labute approximate surface area is 60.8 Å². The van der Waals surface area contributed by atoms with E-state index in [1.54, 1.807) is 11.8 Å². The maximum Gasteiger partial charge on any atom is 0.142 e. The lowest BCUT2D eigenvalue weighted by molar-refractivity contribution is 0.167. The highest BCUT2D eigenvalue weighted by Gasteiger charge is 2.09. The van der Waals surface area contributed by atoms with E-state index in [9.17, 15) is 4.91 Å². The molecular weight excluding hydrogens is 132 g/mol. The van der Waals surface area contributed by atoms with Crippen molar-refractivity contribution in [1.82, 2.24) is 4.90 Å². The van der Waals surface area contributed by atoms with E-state index in [0.29, 0.717) is 6.54 Å². The van der Waals surface area contributed by atoms with Crippen LogP contribution in [0.1, 0.15) is 13.8 Å². The average molecular weight is 146 g/mol. The van der Waals surface area contributed by atoms with Crippen LogP contribution in [-0.2, 0) is 0 Å². The first-order valence-electron chi connectivity index (χ1n) is 3.43. The number of hydrogen-bond acceptors (Lipinski definition) is 4. The van der Waals surface area contributed by atoms with Crippen molar-refractivity contribution < 1.29 is 5.11 Å². The lowest BCUT2D eigenvalue weighted by Gasteiger charge is -2.20. The van der Waals surface area contributed by atoms with E-state index >= 15 is 0 Å². The highest BCUT2D eigenvalue weighted by Crippen LogP contribution is 1.97. The molecule has 0 saturated carbocycles. The van der Waals surface area contributed by atoms with Crippen LogP contribution in [0.25, 0.3) is 0 Å². The van der Waals surface area contributed by atoms with E-state index in [-0.39, 0.29) is 12.8 Å². The van der Waals surface area contributed by atoms with Crippen LogP contribution in [-0.4, -0.2) is 35.9 Å². The molecule has 0 amide bonds. The van der Waals surface area contributed by atoms with Crippen molar-refractivity contribution in [3.05, 3.63) is 4.91 Å². The van der Waals surface area contributed by atoms with E-state index < -0.39 is 0 Å². The van der Waals surface area contributed by atoms with Crippen molar-refractivity contribution in [2.24, 2.45) is 5.18 Å². The molecule has 1 N–H and O–H groups in total. The molecule has 0 aromatic rings. The minimum Gasteiger partial charge on any atom is -0.395 e. The third-order valence-corrected chi connectivity index (χ3v) is 1.47. The van der Waals surface area contributed by atoms with Gasteiger partial charge in [0, 0.05) is 6.54 Å². The van der Waals surface area contributed by atoms with Gasteiger partial charge in [-0.25, -0.2) is 0 Å². The predicted molar refractivity (Wildman–Crippen MR) is 39.6 cm³/mol. The van der Waals surface area contributed by atoms with Gasteiger partial charge in [-0.15, -0.1) is 4.91 Å². The van der Waals surface area contributed by atoms with E-state index in [1.807, 2.05) is 6.92 Å². The molecule has 1 unspecified atom stereocenters. The molecule has 0 spiro atoms. The molecule has 0 rings (SSSR count). The van der Waals surface area contributed by atoms with Crippen LogP contribution in [0.5, 0.6) is 0 Å². The van der Waals surface area contributed by atoms with Crippen LogP contribution < -0.4 is 0 Å². The first kappa shape index (κ1) is 9.52.